The van der Waals surface area contributed by atoms with Gasteiger partial charge in [-0.2, -0.15) is 15.0 Å². The molecule has 0 bridgehead atoms. The highest BCUT2D eigenvalue weighted by molar-refractivity contribution is 7.90. The van der Waals surface area contributed by atoms with E-state index in [1.807, 2.05) is 0 Å². The molecular formula is C16H14N6O6S. The van der Waals surface area contributed by atoms with Gasteiger partial charge in [0.25, 0.3) is 15.7 Å². The quantitative estimate of drug-likeness (QED) is 0.463. The van der Waals surface area contributed by atoms with Crippen LogP contribution in [0.25, 0.3) is 10.8 Å². The van der Waals surface area contributed by atoms with Crippen LogP contribution in [-0.4, -0.2) is 41.4 Å². The van der Waals surface area contributed by atoms with E-state index in [2.05, 4.69) is 20.3 Å². The van der Waals surface area contributed by atoms with Crippen LogP contribution in [0, 0.1) is 17.0 Å². The van der Waals surface area contributed by atoms with Crippen molar-refractivity contribution in [2.24, 2.45) is 0 Å². The van der Waals surface area contributed by atoms with E-state index in [0.717, 1.165) is 0 Å². The van der Waals surface area contributed by atoms with Crippen LogP contribution in [0.2, 0.25) is 0 Å². The number of benzene rings is 2. The fourth-order valence-electron chi connectivity index (χ4n) is 2.57. The summed E-state index contributed by atoms with van der Waals surface area (Å²) in [6.07, 6.45) is 0. The van der Waals surface area contributed by atoms with Gasteiger partial charge in [-0.1, -0.05) is 24.3 Å². The van der Waals surface area contributed by atoms with Gasteiger partial charge in [-0.15, -0.1) is 0 Å². The molecule has 0 unspecified atom stereocenters. The molecule has 0 spiro atoms. The zero-order valence-electron chi connectivity index (χ0n) is 15.1. The van der Waals surface area contributed by atoms with Crippen molar-refractivity contribution >= 4 is 38.5 Å². The molecule has 1 aromatic heterocycles. The van der Waals surface area contributed by atoms with Gasteiger partial charge in [-0.25, -0.2) is 17.9 Å². The Morgan fingerprint density at radius 2 is 1.83 bits per heavy atom. The predicted molar refractivity (Wildman–Crippen MR) is 101 cm³/mol. The number of methoxy groups -OCH3 is 1. The molecule has 1 heterocycles. The molecular weight excluding hydrogens is 404 g/mol. The van der Waals surface area contributed by atoms with E-state index in [4.69, 9.17) is 4.74 Å². The predicted octanol–water partition coefficient (Wildman–Crippen LogP) is 1.76. The van der Waals surface area contributed by atoms with Gasteiger partial charge in [0.1, 0.15) is 10.7 Å². The van der Waals surface area contributed by atoms with Crippen LogP contribution >= 0.6 is 0 Å². The number of rotatable bonds is 5. The second-order valence-corrected chi connectivity index (χ2v) is 7.29. The maximum Gasteiger partial charge on any atom is 0.335 e. The van der Waals surface area contributed by atoms with Crippen molar-refractivity contribution < 1.29 is 22.9 Å². The number of aromatic nitrogens is 3. The molecule has 3 aromatic rings. The third-order valence-electron chi connectivity index (χ3n) is 3.69. The highest BCUT2D eigenvalue weighted by Gasteiger charge is 2.25. The first-order valence-electron chi connectivity index (χ1n) is 7.98. The average Bonchev–Trinajstić information content (AvgIpc) is 2.65. The molecule has 3 rings (SSSR count). The van der Waals surface area contributed by atoms with E-state index in [1.165, 1.54) is 50.4 Å². The number of sulfonamides is 1. The van der Waals surface area contributed by atoms with Crippen molar-refractivity contribution in [2.75, 3.05) is 12.4 Å². The minimum Gasteiger partial charge on any atom is -0.467 e. The number of nitrogens with one attached hydrogen (secondary N) is 2. The SMILES string of the molecule is COc1nc(C)nc(NC(=O)NS(=O)(=O)c2cccc3cccc([N+](=O)[O-])c23)n1. The van der Waals surface area contributed by atoms with Crippen molar-refractivity contribution in [1.29, 1.82) is 0 Å². The summed E-state index contributed by atoms with van der Waals surface area (Å²) in [6, 6.07) is 7.03. The molecule has 0 aliphatic carbocycles. The number of urea groups is 1. The molecule has 13 heteroatoms. The lowest BCUT2D eigenvalue weighted by molar-refractivity contribution is -0.383. The number of carbonyl (C=O) groups excluding carboxylic acids is 1. The van der Waals surface area contributed by atoms with Crippen molar-refractivity contribution in [3.05, 3.63) is 52.3 Å². The number of nitro benzene ring substituents is 1. The zero-order valence-corrected chi connectivity index (χ0v) is 15.9. The number of aryl methyl sites for hydroxylation is 1. The Labute approximate surface area is 164 Å². The normalized spacial score (nSPS) is 11.1. The highest BCUT2D eigenvalue weighted by atomic mass is 32.2. The van der Waals surface area contributed by atoms with Gasteiger partial charge >= 0.3 is 12.0 Å². The molecule has 0 saturated heterocycles. The second-order valence-electron chi connectivity index (χ2n) is 5.64. The van der Waals surface area contributed by atoms with Gasteiger partial charge in [0.15, 0.2) is 0 Å². The number of ether oxygens (including phenoxy) is 1. The van der Waals surface area contributed by atoms with Gasteiger partial charge in [0, 0.05) is 6.07 Å². The lowest BCUT2D eigenvalue weighted by Gasteiger charge is -2.10. The minimum atomic E-state index is -4.46. The fraction of sp³-hybridized carbons (Fsp3) is 0.125. The van der Waals surface area contributed by atoms with Gasteiger partial charge in [0.2, 0.25) is 5.95 Å². The third kappa shape index (κ3) is 4.19. The summed E-state index contributed by atoms with van der Waals surface area (Å²) in [7, 11) is -3.14. The van der Waals surface area contributed by atoms with Crippen LogP contribution in [0.4, 0.5) is 16.4 Å². The Balaban J connectivity index is 1.95. The van der Waals surface area contributed by atoms with E-state index in [0.29, 0.717) is 5.39 Å². The number of nitrogens with zero attached hydrogens (tertiary/aromatic N) is 4. The second kappa shape index (κ2) is 7.63. The van der Waals surface area contributed by atoms with Crippen molar-refractivity contribution in [2.45, 2.75) is 11.8 Å². The number of hydrogen-bond donors (Lipinski definition) is 2. The summed E-state index contributed by atoms with van der Waals surface area (Å²) < 4.78 is 32.1. The van der Waals surface area contributed by atoms with Crippen LogP contribution in [0.15, 0.2) is 41.3 Å². The molecule has 2 amide bonds. The Kier molecular flexibility index (Phi) is 5.23. The minimum absolute atomic E-state index is 0.0691. The first kappa shape index (κ1) is 19.9. The number of nitro groups is 1. The van der Waals surface area contributed by atoms with Crippen LogP contribution < -0.4 is 14.8 Å². The standard InChI is InChI=1S/C16H14N6O6S/c1-9-17-14(20-16(18-9)28-2)19-15(23)21-29(26,27)12-8-4-6-10-5-3-7-11(13(10)12)22(24)25/h3-8H,1-2H3,(H2,17,18,19,20,21,23). The Bertz CT molecular complexity index is 1220. The smallest absolute Gasteiger partial charge is 0.335 e. The maximum atomic E-state index is 12.7. The van der Waals surface area contributed by atoms with E-state index in [1.54, 1.807) is 4.72 Å². The lowest BCUT2D eigenvalue weighted by atomic mass is 10.1. The summed E-state index contributed by atoms with van der Waals surface area (Å²) in [4.78, 5) is 33.9. The van der Waals surface area contributed by atoms with Crippen LogP contribution in [0.5, 0.6) is 6.01 Å². The first-order chi connectivity index (χ1) is 13.7. The lowest BCUT2D eigenvalue weighted by Crippen LogP contribution is -2.35. The summed E-state index contributed by atoms with van der Waals surface area (Å²) in [5.74, 6) is 0.00522. The van der Waals surface area contributed by atoms with Crippen LogP contribution in [0.1, 0.15) is 5.82 Å². The summed E-state index contributed by atoms with van der Waals surface area (Å²) >= 11 is 0. The number of non-ortho nitro benzene ring substituents is 1. The zero-order chi connectivity index (χ0) is 21.2. The Hall–Kier alpha value is -3.87. The summed E-state index contributed by atoms with van der Waals surface area (Å²) in [5.41, 5.74) is -0.401. The molecule has 0 atom stereocenters. The molecule has 150 valence electrons. The fourth-order valence-corrected chi connectivity index (χ4v) is 3.73. The number of fused-ring (bicyclic) bond motifs is 1. The topological polar surface area (TPSA) is 166 Å². The summed E-state index contributed by atoms with van der Waals surface area (Å²) in [5, 5.41) is 13.7. The molecule has 2 N–H and O–H groups in total. The monoisotopic (exact) mass is 418 g/mol. The molecule has 0 radical (unpaired) electrons. The van der Waals surface area contributed by atoms with Crippen molar-refractivity contribution in [3.63, 3.8) is 0 Å². The van der Waals surface area contributed by atoms with Gasteiger partial charge in [-0.05, 0) is 18.4 Å². The highest BCUT2D eigenvalue weighted by Crippen LogP contribution is 2.31. The molecule has 0 saturated carbocycles. The first-order valence-corrected chi connectivity index (χ1v) is 9.46. The van der Waals surface area contributed by atoms with Gasteiger partial charge < -0.3 is 4.74 Å². The van der Waals surface area contributed by atoms with Crippen molar-refractivity contribution in [3.8, 4) is 6.01 Å². The molecule has 0 aliphatic heterocycles. The maximum absolute atomic E-state index is 12.7. The Morgan fingerprint density at radius 3 is 2.48 bits per heavy atom. The third-order valence-corrected chi connectivity index (χ3v) is 5.07. The summed E-state index contributed by atoms with van der Waals surface area (Å²) in [6.45, 7) is 1.53. The van der Waals surface area contributed by atoms with Crippen LogP contribution in [-0.2, 0) is 10.0 Å². The average molecular weight is 418 g/mol. The Morgan fingerprint density at radius 1 is 1.14 bits per heavy atom. The van der Waals surface area contributed by atoms with Gasteiger partial charge in [-0.3, -0.25) is 15.4 Å². The number of hydrogen-bond acceptors (Lipinski definition) is 9. The van der Waals surface area contributed by atoms with E-state index in [-0.39, 0.29) is 23.2 Å². The molecule has 0 aliphatic rings. The molecule has 0 fully saturated rings. The number of amides is 2. The van der Waals surface area contributed by atoms with E-state index in [9.17, 15) is 23.3 Å². The molecule has 29 heavy (non-hydrogen) atoms. The van der Waals surface area contributed by atoms with Gasteiger partial charge in [0.05, 0.1) is 17.4 Å². The van der Waals surface area contributed by atoms with Crippen molar-refractivity contribution in [1.82, 2.24) is 19.7 Å². The van der Waals surface area contributed by atoms with E-state index >= 15 is 0 Å². The van der Waals surface area contributed by atoms with E-state index < -0.39 is 31.6 Å². The number of anilines is 1. The largest absolute Gasteiger partial charge is 0.467 e. The molecule has 12 nitrogen and oxygen atoms in total. The number of carbonyl (C=O) groups is 1. The van der Waals surface area contributed by atoms with Crippen LogP contribution in [0.3, 0.4) is 0 Å². The molecule has 2 aromatic carbocycles.